The molecule has 1 aromatic rings. The maximum Gasteiger partial charge on any atom is 0.241 e. The molecule has 17 heavy (non-hydrogen) atoms. The molecule has 1 aliphatic carbocycles. The second kappa shape index (κ2) is 3.96. The molecule has 1 saturated carbocycles. The maximum absolute atomic E-state index is 13.0. The number of sulfonamides is 1. The number of nitrogens with two attached hydrogens (primary N) is 1. The number of rotatable bonds is 3. The molecule has 1 aliphatic rings. The first-order chi connectivity index (χ1) is 7.82. The number of hydrogen-bond donors (Lipinski definition) is 2. The predicted molar refractivity (Wildman–Crippen MR) is 63.4 cm³/mol. The second-order valence-corrected chi connectivity index (χ2v) is 6.39. The number of nitrogens with one attached hydrogen (secondary N) is 1. The van der Waals surface area contributed by atoms with Crippen molar-refractivity contribution in [3.05, 3.63) is 24.0 Å². The average Bonchev–Trinajstić information content (AvgIpc) is 2.19. The van der Waals surface area contributed by atoms with Gasteiger partial charge in [-0.05, 0) is 44.4 Å². The fraction of sp³-hybridized carbons (Fsp3) is 0.455. The van der Waals surface area contributed by atoms with Gasteiger partial charge in [-0.15, -0.1) is 0 Å². The van der Waals surface area contributed by atoms with Crippen molar-refractivity contribution in [3.63, 3.8) is 0 Å². The summed E-state index contributed by atoms with van der Waals surface area (Å²) < 4.78 is 39.6. The first kappa shape index (κ1) is 12.3. The van der Waals surface area contributed by atoms with Gasteiger partial charge in [-0.1, -0.05) is 0 Å². The van der Waals surface area contributed by atoms with Crippen LogP contribution in [-0.2, 0) is 10.0 Å². The van der Waals surface area contributed by atoms with Crippen LogP contribution < -0.4 is 10.5 Å². The molecule has 4 nitrogen and oxygen atoms in total. The Hall–Kier alpha value is -1.14. The highest BCUT2D eigenvalue weighted by atomic mass is 32.2. The molecule has 0 radical (unpaired) electrons. The molecule has 2 rings (SSSR count). The third-order valence-corrected chi connectivity index (χ3v) is 4.75. The summed E-state index contributed by atoms with van der Waals surface area (Å²) in [5.41, 5.74) is 4.83. The Bertz CT molecular complexity index is 538. The van der Waals surface area contributed by atoms with Gasteiger partial charge in [0.15, 0.2) is 0 Å². The number of nitrogen functional groups attached to an aromatic ring is 1. The Morgan fingerprint density at radius 1 is 1.41 bits per heavy atom. The first-order valence-corrected chi connectivity index (χ1v) is 6.90. The SMILES string of the molecule is CC1(NS(=O)(=O)c2ccc(F)c(N)c2)CCC1. The van der Waals surface area contributed by atoms with Crippen molar-refractivity contribution >= 4 is 15.7 Å². The van der Waals surface area contributed by atoms with E-state index in [1.807, 2.05) is 6.92 Å². The Kier molecular flexibility index (Phi) is 2.87. The van der Waals surface area contributed by atoms with E-state index in [2.05, 4.69) is 4.72 Å². The normalized spacial score (nSPS) is 18.7. The summed E-state index contributed by atoms with van der Waals surface area (Å²) in [6.45, 7) is 1.86. The molecule has 0 spiro atoms. The number of benzene rings is 1. The topological polar surface area (TPSA) is 72.2 Å². The van der Waals surface area contributed by atoms with E-state index in [-0.39, 0.29) is 16.1 Å². The number of hydrogen-bond acceptors (Lipinski definition) is 3. The molecule has 0 aliphatic heterocycles. The van der Waals surface area contributed by atoms with Crippen molar-refractivity contribution in [1.82, 2.24) is 4.72 Å². The molecule has 0 aromatic heterocycles. The standard InChI is InChI=1S/C11H15FN2O2S/c1-11(5-2-6-11)14-17(15,16)8-3-4-9(12)10(13)7-8/h3-4,7,14H,2,5-6,13H2,1H3. The molecular formula is C11H15FN2O2S. The molecule has 6 heteroatoms. The fourth-order valence-electron chi connectivity index (χ4n) is 1.88. The molecule has 0 heterocycles. The highest BCUT2D eigenvalue weighted by molar-refractivity contribution is 7.89. The van der Waals surface area contributed by atoms with Crippen LogP contribution in [-0.4, -0.2) is 14.0 Å². The molecule has 94 valence electrons. The van der Waals surface area contributed by atoms with Crippen LogP contribution in [0.5, 0.6) is 0 Å². The predicted octanol–water partition coefficient (Wildman–Crippen LogP) is 1.63. The summed E-state index contributed by atoms with van der Waals surface area (Å²) >= 11 is 0. The van der Waals surface area contributed by atoms with E-state index >= 15 is 0 Å². The van der Waals surface area contributed by atoms with E-state index in [9.17, 15) is 12.8 Å². The van der Waals surface area contributed by atoms with Gasteiger partial charge in [0.2, 0.25) is 10.0 Å². The van der Waals surface area contributed by atoms with Gasteiger partial charge in [0.05, 0.1) is 10.6 Å². The smallest absolute Gasteiger partial charge is 0.241 e. The largest absolute Gasteiger partial charge is 0.396 e. The zero-order valence-corrected chi connectivity index (χ0v) is 10.3. The Morgan fingerprint density at radius 2 is 2.06 bits per heavy atom. The fourth-order valence-corrected chi connectivity index (χ4v) is 3.38. The van der Waals surface area contributed by atoms with Gasteiger partial charge in [-0.2, -0.15) is 0 Å². The minimum absolute atomic E-state index is 0.00419. The van der Waals surface area contributed by atoms with Gasteiger partial charge in [0.25, 0.3) is 0 Å². The molecule has 0 unspecified atom stereocenters. The summed E-state index contributed by atoms with van der Waals surface area (Å²) in [4.78, 5) is 0.00419. The molecular weight excluding hydrogens is 243 g/mol. The summed E-state index contributed by atoms with van der Waals surface area (Å²) in [5, 5.41) is 0. The lowest BCUT2D eigenvalue weighted by Gasteiger charge is -2.38. The molecule has 1 fully saturated rings. The highest BCUT2D eigenvalue weighted by Gasteiger charge is 2.36. The molecule has 0 saturated heterocycles. The van der Waals surface area contributed by atoms with E-state index in [1.54, 1.807) is 0 Å². The average molecular weight is 258 g/mol. The minimum atomic E-state index is -3.61. The van der Waals surface area contributed by atoms with Crippen molar-refractivity contribution in [2.24, 2.45) is 0 Å². The lowest BCUT2D eigenvalue weighted by Crippen LogP contribution is -2.50. The second-order valence-electron chi connectivity index (χ2n) is 4.70. The van der Waals surface area contributed by atoms with E-state index in [4.69, 9.17) is 5.73 Å². The molecule has 0 bridgehead atoms. The maximum atomic E-state index is 13.0. The summed E-state index contributed by atoms with van der Waals surface area (Å²) in [6, 6.07) is 3.42. The van der Waals surface area contributed by atoms with Crippen molar-refractivity contribution in [3.8, 4) is 0 Å². The van der Waals surface area contributed by atoms with E-state index < -0.39 is 15.8 Å². The van der Waals surface area contributed by atoms with Gasteiger partial charge >= 0.3 is 0 Å². The zero-order valence-electron chi connectivity index (χ0n) is 9.53. The number of anilines is 1. The van der Waals surface area contributed by atoms with Gasteiger partial charge in [-0.25, -0.2) is 17.5 Å². The Labute approximate surface area is 100 Å². The third kappa shape index (κ3) is 2.42. The van der Waals surface area contributed by atoms with Crippen molar-refractivity contribution in [2.45, 2.75) is 36.6 Å². The van der Waals surface area contributed by atoms with Crippen LogP contribution in [0.2, 0.25) is 0 Å². The Morgan fingerprint density at radius 3 is 2.53 bits per heavy atom. The van der Waals surface area contributed by atoms with Crippen LogP contribution in [0.25, 0.3) is 0 Å². The summed E-state index contributed by atoms with van der Waals surface area (Å²) in [5.74, 6) is -0.612. The van der Waals surface area contributed by atoms with E-state index in [0.29, 0.717) is 0 Å². The lowest BCUT2D eigenvalue weighted by atomic mass is 9.80. The monoisotopic (exact) mass is 258 g/mol. The van der Waals surface area contributed by atoms with Crippen LogP contribution in [0.1, 0.15) is 26.2 Å². The lowest BCUT2D eigenvalue weighted by molar-refractivity contribution is 0.248. The van der Waals surface area contributed by atoms with E-state index in [1.165, 1.54) is 6.07 Å². The third-order valence-electron chi connectivity index (χ3n) is 3.12. The first-order valence-electron chi connectivity index (χ1n) is 5.41. The van der Waals surface area contributed by atoms with Crippen molar-refractivity contribution in [2.75, 3.05) is 5.73 Å². The quantitative estimate of drug-likeness (QED) is 0.809. The van der Waals surface area contributed by atoms with Gasteiger partial charge < -0.3 is 5.73 Å². The zero-order chi connectivity index (χ0) is 12.7. The van der Waals surface area contributed by atoms with Crippen LogP contribution in [0.15, 0.2) is 23.1 Å². The van der Waals surface area contributed by atoms with Crippen molar-refractivity contribution in [1.29, 1.82) is 0 Å². The van der Waals surface area contributed by atoms with Gasteiger partial charge in [-0.3, -0.25) is 0 Å². The van der Waals surface area contributed by atoms with Crippen molar-refractivity contribution < 1.29 is 12.8 Å². The Balaban J connectivity index is 2.28. The van der Waals surface area contributed by atoms with Crippen LogP contribution in [0.3, 0.4) is 0 Å². The summed E-state index contributed by atoms with van der Waals surface area (Å²) in [7, 11) is -3.61. The highest BCUT2D eigenvalue weighted by Crippen LogP contribution is 2.32. The minimum Gasteiger partial charge on any atom is -0.396 e. The van der Waals surface area contributed by atoms with Crippen LogP contribution >= 0.6 is 0 Å². The van der Waals surface area contributed by atoms with Crippen LogP contribution in [0, 0.1) is 5.82 Å². The van der Waals surface area contributed by atoms with Crippen LogP contribution in [0.4, 0.5) is 10.1 Å². The molecule has 3 N–H and O–H groups in total. The van der Waals surface area contributed by atoms with E-state index in [0.717, 1.165) is 31.4 Å². The summed E-state index contributed by atoms with van der Waals surface area (Å²) in [6.07, 6.45) is 2.66. The molecule has 1 aromatic carbocycles. The van der Waals surface area contributed by atoms with Gasteiger partial charge in [0.1, 0.15) is 5.82 Å². The van der Waals surface area contributed by atoms with Gasteiger partial charge in [0, 0.05) is 5.54 Å². The molecule has 0 atom stereocenters. The molecule has 0 amide bonds. The number of halogens is 1.